The van der Waals surface area contributed by atoms with Gasteiger partial charge in [-0.15, -0.1) is 0 Å². The standard InChI is InChI=1S/C23H37N5O8/c1-12(29)18(25)21(33)28-19(13(2)30)22(34)26-16(5-3-4-10-24)20(32)27-17(23(35)36)11-14-6-8-15(31)9-7-14/h6-9,12-13,16-19,29-31H,3-5,10-11,24-25H2,1-2H3,(H,26,34)(H,27,32)(H,28,33)(H,35,36). The number of carbonyl (C=O) groups is 4. The highest BCUT2D eigenvalue weighted by atomic mass is 16.4. The fourth-order valence-corrected chi connectivity index (χ4v) is 3.24. The number of rotatable bonds is 15. The van der Waals surface area contributed by atoms with Gasteiger partial charge in [0.05, 0.1) is 12.2 Å². The molecule has 0 fully saturated rings. The molecule has 11 N–H and O–H groups in total. The van der Waals surface area contributed by atoms with Crippen molar-refractivity contribution in [3.8, 4) is 5.75 Å². The molecule has 0 spiro atoms. The minimum Gasteiger partial charge on any atom is -0.508 e. The number of amides is 3. The van der Waals surface area contributed by atoms with E-state index in [1.165, 1.54) is 38.1 Å². The highest BCUT2D eigenvalue weighted by Crippen LogP contribution is 2.12. The van der Waals surface area contributed by atoms with Crippen LogP contribution < -0.4 is 27.4 Å². The number of aromatic hydroxyl groups is 1. The van der Waals surface area contributed by atoms with Crippen LogP contribution in [0.3, 0.4) is 0 Å². The number of aliphatic hydroxyl groups is 2. The molecule has 13 heteroatoms. The van der Waals surface area contributed by atoms with E-state index in [4.69, 9.17) is 11.5 Å². The molecule has 202 valence electrons. The molecule has 6 unspecified atom stereocenters. The molecule has 1 rings (SSSR count). The second-order valence-corrected chi connectivity index (χ2v) is 8.61. The quantitative estimate of drug-likeness (QED) is 0.114. The number of hydrogen-bond donors (Lipinski definition) is 9. The summed E-state index contributed by atoms with van der Waals surface area (Å²) in [6.07, 6.45) is -1.57. The smallest absolute Gasteiger partial charge is 0.326 e. The second kappa shape index (κ2) is 15.0. The molecule has 0 saturated carbocycles. The van der Waals surface area contributed by atoms with Crippen molar-refractivity contribution in [1.29, 1.82) is 0 Å². The van der Waals surface area contributed by atoms with Crippen molar-refractivity contribution in [2.45, 2.75) is 75.9 Å². The van der Waals surface area contributed by atoms with E-state index in [1.54, 1.807) is 0 Å². The predicted molar refractivity (Wildman–Crippen MR) is 129 cm³/mol. The zero-order chi connectivity index (χ0) is 27.4. The number of phenols is 1. The lowest BCUT2D eigenvalue weighted by molar-refractivity contribution is -0.142. The molecule has 0 aliphatic carbocycles. The van der Waals surface area contributed by atoms with Crippen molar-refractivity contribution in [2.75, 3.05) is 6.54 Å². The molecular weight excluding hydrogens is 474 g/mol. The summed E-state index contributed by atoms with van der Waals surface area (Å²) in [5, 5.41) is 45.6. The average Bonchev–Trinajstić information content (AvgIpc) is 2.81. The summed E-state index contributed by atoms with van der Waals surface area (Å²) in [6.45, 7) is 2.88. The first kappa shape index (κ1) is 30.8. The second-order valence-electron chi connectivity index (χ2n) is 8.61. The Morgan fingerprint density at radius 1 is 0.861 bits per heavy atom. The van der Waals surface area contributed by atoms with Gasteiger partial charge in [-0.3, -0.25) is 14.4 Å². The number of aliphatic hydroxyl groups excluding tert-OH is 2. The summed E-state index contributed by atoms with van der Waals surface area (Å²) in [5.41, 5.74) is 11.6. The summed E-state index contributed by atoms with van der Waals surface area (Å²) in [7, 11) is 0. The number of aliphatic carboxylic acids is 1. The molecule has 0 aliphatic rings. The van der Waals surface area contributed by atoms with Gasteiger partial charge in [0, 0.05) is 6.42 Å². The number of phenolic OH excluding ortho intramolecular Hbond substituents is 1. The van der Waals surface area contributed by atoms with Crippen LogP contribution in [0.4, 0.5) is 0 Å². The maximum Gasteiger partial charge on any atom is 0.326 e. The van der Waals surface area contributed by atoms with Gasteiger partial charge in [-0.05, 0) is 57.4 Å². The van der Waals surface area contributed by atoms with Gasteiger partial charge in [-0.1, -0.05) is 12.1 Å². The average molecular weight is 512 g/mol. The Morgan fingerprint density at radius 2 is 1.44 bits per heavy atom. The van der Waals surface area contributed by atoms with Crippen LogP contribution in [0.1, 0.15) is 38.7 Å². The Hall–Kier alpha value is -3.26. The topological polar surface area (TPSA) is 237 Å². The Kier molecular flexibility index (Phi) is 12.8. The summed E-state index contributed by atoms with van der Waals surface area (Å²) in [4.78, 5) is 49.8. The van der Waals surface area contributed by atoms with Crippen molar-refractivity contribution >= 4 is 23.7 Å². The van der Waals surface area contributed by atoms with Crippen LogP contribution in [0, 0.1) is 0 Å². The van der Waals surface area contributed by atoms with E-state index in [-0.39, 0.29) is 18.6 Å². The normalized spacial score (nSPS) is 16.1. The molecule has 0 aliphatic heterocycles. The van der Waals surface area contributed by atoms with Crippen molar-refractivity contribution in [1.82, 2.24) is 16.0 Å². The van der Waals surface area contributed by atoms with E-state index in [9.17, 15) is 39.6 Å². The minimum atomic E-state index is -1.49. The molecular formula is C23H37N5O8. The van der Waals surface area contributed by atoms with Gasteiger partial charge in [-0.25, -0.2) is 4.79 Å². The van der Waals surface area contributed by atoms with Crippen LogP contribution in [0.2, 0.25) is 0 Å². The Morgan fingerprint density at radius 3 is 1.94 bits per heavy atom. The number of carboxylic acids is 1. The van der Waals surface area contributed by atoms with Gasteiger partial charge >= 0.3 is 5.97 Å². The minimum absolute atomic E-state index is 0.00602. The van der Waals surface area contributed by atoms with Crippen LogP contribution in [-0.2, 0) is 25.6 Å². The van der Waals surface area contributed by atoms with Crippen LogP contribution >= 0.6 is 0 Å². The molecule has 6 atom stereocenters. The van der Waals surface area contributed by atoms with E-state index < -0.39 is 60.1 Å². The van der Waals surface area contributed by atoms with Gasteiger partial charge in [0.15, 0.2) is 0 Å². The number of carboxylic acid groups (broad SMARTS) is 1. The molecule has 1 aromatic rings. The highest BCUT2D eigenvalue weighted by molar-refractivity contribution is 5.94. The number of nitrogens with two attached hydrogens (primary N) is 2. The molecule has 0 radical (unpaired) electrons. The largest absolute Gasteiger partial charge is 0.508 e. The van der Waals surface area contributed by atoms with E-state index in [0.717, 1.165) is 0 Å². The molecule has 0 heterocycles. The Bertz CT molecular complexity index is 878. The molecule has 36 heavy (non-hydrogen) atoms. The fraction of sp³-hybridized carbons (Fsp3) is 0.565. The molecule has 0 bridgehead atoms. The van der Waals surface area contributed by atoms with E-state index in [0.29, 0.717) is 24.9 Å². The van der Waals surface area contributed by atoms with Crippen LogP contribution in [0.5, 0.6) is 5.75 Å². The van der Waals surface area contributed by atoms with Crippen molar-refractivity contribution in [3.05, 3.63) is 29.8 Å². The third-order valence-electron chi connectivity index (χ3n) is 5.46. The summed E-state index contributed by atoms with van der Waals surface area (Å²) < 4.78 is 0. The number of carbonyl (C=O) groups excluding carboxylic acids is 3. The van der Waals surface area contributed by atoms with Gasteiger partial charge in [0.25, 0.3) is 0 Å². The van der Waals surface area contributed by atoms with E-state index in [2.05, 4.69) is 16.0 Å². The monoisotopic (exact) mass is 511 g/mol. The molecule has 0 aromatic heterocycles. The van der Waals surface area contributed by atoms with E-state index >= 15 is 0 Å². The molecule has 1 aromatic carbocycles. The Balaban J connectivity index is 3.00. The van der Waals surface area contributed by atoms with Crippen LogP contribution in [0.25, 0.3) is 0 Å². The predicted octanol–water partition coefficient (Wildman–Crippen LogP) is -2.31. The third kappa shape index (κ3) is 10.2. The summed E-state index contributed by atoms with van der Waals surface area (Å²) in [6, 6.07) is 0.469. The maximum atomic E-state index is 13.0. The lowest BCUT2D eigenvalue weighted by atomic mass is 10.0. The molecule has 0 saturated heterocycles. The first-order valence-electron chi connectivity index (χ1n) is 11.6. The third-order valence-corrected chi connectivity index (χ3v) is 5.46. The zero-order valence-electron chi connectivity index (χ0n) is 20.4. The van der Waals surface area contributed by atoms with Gasteiger partial charge in [-0.2, -0.15) is 0 Å². The van der Waals surface area contributed by atoms with Gasteiger partial charge < -0.3 is 47.8 Å². The van der Waals surface area contributed by atoms with E-state index in [1.807, 2.05) is 0 Å². The SMILES string of the molecule is CC(O)C(N)C(=O)NC(C(=O)NC(CCCCN)C(=O)NC(Cc1ccc(O)cc1)C(=O)O)C(C)O. The lowest BCUT2D eigenvalue weighted by Gasteiger charge is -2.27. The zero-order valence-corrected chi connectivity index (χ0v) is 20.4. The number of benzene rings is 1. The fourth-order valence-electron chi connectivity index (χ4n) is 3.24. The molecule has 3 amide bonds. The van der Waals surface area contributed by atoms with Crippen LogP contribution in [-0.4, -0.2) is 87.0 Å². The highest BCUT2D eigenvalue weighted by Gasteiger charge is 2.33. The van der Waals surface area contributed by atoms with Crippen molar-refractivity contribution < 1.29 is 39.6 Å². The van der Waals surface area contributed by atoms with Gasteiger partial charge in [0.1, 0.15) is 29.9 Å². The summed E-state index contributed by atoms with van der Waals surface area (Å²) in [5.74, 6) is -3.84. The Labute approximate surface area is 209 Å². The van der Waals surface area contributed by atoms with Crippen LogP contribution in [0.15, 0.2) is 24.3 Å². The number of nitrogens with one attached hydrogen (secondary N) is 3. The number of unbranched alkanes of at least 4 members (excludes halogenated alkanes) is 1. The first-order valence-corrected chi connectivity index (χ1v) is 11.6. The summed E-state index contributed by atoms with van der Waals surface area (Å²) >= 11 is 0. The van der Waals surface area contributed by atoms with Crippen molar-refractivity contribution in [2.24, 2.45) is 11.5 Å². The first-order chi connectivity index (χ1) is 16.9. The maximum absolute atomic E-state index is 13.0. The molecule has 13 nitrogen and oxygen atoms in total. The lowest BCUT2D eigenvalue weighted by Crippen LogP contribution is -2.60. The van der Waals surface area contributed by atoms with Gasteiger partial charge in [0.2, 0.25) is 17.7 Å². The number of hydrogen-bond acceptors (Lipinski definition) is 9. The van der Waals surface area contributed by atoms with Crippen molar-refractivity contribution in [3.63, 3.8) is 0 Å².